The number of hydrogen-bond donors (Lipinski definition) is 1. The summed E-state index contributed by atoms with van der Waals surface area (Å²) in [5.41, 5.74) is 1.41. The molecule has 0 amide bonds. The molecular weight excluding hydrogens is 356 g/mol. The molecule has 3 rings (SSSR count). The van der Waals surface area contributed by atoms with Crippen LogP contribution in [-0.2, 0) is 16.6 Å². The summed E-state index contributed by atoms with van der Waals surface area (Å²) in [5.74, 6) is 0.662. The second-order valence-electron chi connectivity index (χ2n) is 5.41. The first kappa shape index (κ1) is 17.7. The van der Waals surface area contributed by atoms with Crippen LogP contribution in [0.15, 0.2) is 60.0 Å². The monoisotopic (exact) mass is 374 g/mol. The van der Waals surface area contributed by atoms with Crippen LogP contribution in [-0.4, -0.2) is 37.4 Å². The van der Waals surface area contributed by atoms with E-state index in [1.165, 1.54) is 26.6 Å². The summed E-state index contributed by atoms with van der Waals surface area (Å²) >= 11 is 0. The van der Waals surface area contributed by atoms with Gasteiger partial charge in [0.15, 0.2) is 0 Å². The molecule has 1 heterocycles. The maximum atomic E-state index is 12.7. The standard InChI is InChI=1S/C17H18N4O4S/c1-24-15-7-8-16(25-2)17(9-15)26(22,23)20-14-5-3-13(4-6-14)10-21-12-18-11-19-21/h3-9,11-12,20H,10H2,1-2H3. The van der Waals surface area contributed by atoms with Crippen LogP contribution in [0, 0.1) is 0 Å². The van der Waals surface area contributed by atoms with Gasteiger partial charge in [0.05, 0.1) is 20.8 Å². The van der Waals surface area contributed by atoms with Crippen molar-refractivity contribution in [2.45, 2.75) is 11.4 Å². The van der Waals surface area contributed by atoms with E-state index >= 15 is 0 Å². The van der Waals surface area contributed by atoms with Gasteiger partial charge in [-0.15, -0.1) is 0 Å². The molecule has 0 bridgehead atoms. The second-order valence-corrected chi connectivity index (χ2v) is 7.06. The number of ether oxygens (including phenoxy) is 2. The van der Waals surface area contributed by atoms with Crippen LogP contribution in [0.3, 0.4) is 0 Å². The van der Waals surface area contributed by atoms with Crippen molar-refractivity contribution < 1.29 is 17.9 Å². The quantitative estimate of drug-likeness (QED) is 0.681. The molecule has 1 N–H and O–H groups in total. The lowest BCUT2D eigenvalue weighted by Gasteiger charge is -2.13. The Morgan fingerprint density at radius 3 is 2.46 bits per heavy atom. The fraction of sp³-hybridized carbons (Fsp3) is 0.176. The Labute approximate surface area is 151 Å². The average Bonchev–Trinajstić information content (AvgIpc) is 3.15. The van der Waals surface area contributed by atoms with E-state index in [0.29, 0.717) is 18.0 Å². The van der Waals surface area contributed by atoms with E-state index in [4.69, 9.17) is 9.47 Å². The summed E-state index contributed by atoms with van der Waals surface area (Å²) in [7, 11) is -0.946. The number of sulfonamides is 1. The number of hydrogen-bond acceptors (Lipinski definition) is 6. The van der Waals surface area contributed by atoms with Crippen LogP contribution in [0.2, 0.25) is 0 Å². The predicted molar refractivity (Wildman–Crippen MR) is 95.9 cm³/mol. The fourth-order valence-corrected chi connectivity index (χ4v) is 3.63. The van der Waals surface area contributed by atoms with Crippen molar-refractivity contribution >= 4 is 15.7 Å². The molecule has 1 aromatic heterocycles. The molecule has 0 unspecified atom stereocenters. The molecule has 136 valence electrons. The Morgan fingerprint density at radius 1 is 1.08 bits per heavy atom. The van der Waals surface area contributed by atoms with E-state index in [1.807, 2.05) is 12.1 Å². The zero-order valence-corrected chi connectivity index (χ0v) is 15.1. The maximum Gasteiger partial charge on any atom is 0.265 e. The zero-order valence-electron chi connectivity index (χ0n) is 14.3. The number of anilines is 1. The van der Waals surface area contributed by atoms with Crippen molar-refractivity contribution in [2.75, 3.05) is 18.9 Å². The molecular formula is C17H18N4O4S. The molecule has 0 saturated carbocycles. The van der Waals surface area contributed by atoms with Gasteiger partial charge in [0.2, 0.25) is 0 Å². The van der Waals surface area contributed by atoms with Gasteiger partial charge in [-0.05, 0) is 29.8 Å². The van der Waals surface area contributed by atoms with Gasteiger partial charge >= 0.3 is 0 Å². The summed E-state index contributed by atoms with van der Waals surface area (Å²) < 4.78 is 39.9. The van der Waals surface area contributed by atoms with Crippen molar-refractivity contribution in [3.8, 4) is 11.5 Å². The lowest BCUT2D eigenvalue weighted by atomic mass is 10.2. The van der Waals surface area contributed by atoms with E-state index in [0.717, 1.165) is 5.56 Å². The maximum absolute atomic E-state index is 12.7. The van der Waals surface area contributed by atoms with Crippen molar-refractivity contribution in [1.82, 2.24) is 14.8 Å². The number of methoxy groups -OCH3 is 2. The summed E-state index contributed by atoms with van der Waals surface area (Å²) in [5, 5.41) is 4.04. The largest absolute Gasteiger partial charge is 0.497 e. The molecule has 0 aliphatic carbocycles. The van der Waals surface area contributed by atoms with Crippen molar-refractivity contribution in [3.05, 3.63) is 60.7 Å². The second kappa shape index (κ2) is 7.44. The van der Waals surface area contributed by atoms with E-state index in [-0.39, 0.29) is 10.6 Å². The minimum absolute atomic E-state index is 0.00559. The van der Waals surface area contributed by atoms with Crippen molar-refractivity contribution in [2.24, 2.45) is 0 Å². The van der Waals surface area contributed by atoms with E-state index in [9.17, 15) is 8.42 Å². The van der Waals surface area contributed by atoms with Gasteiger partial charge < -0.3 is 9.47 Å². The van der Waals surface area contributed by atoms with Crippen LogP contribution < -0.4 is 14.2 Å². The topological polar surface area (TPSA) is 95.3 Å². The predicted octanol–water partition coefficient (Wildman–Crippen LogP) is 2.14. The van der Waals surface area contributed by atoms with E-state index < -0.39 is 10.0 Å². The molecule has 0 aliphatic heterocycles. The van der Waals surface area contributed by atoms with Gasteiger partial charge in [0.25, 0.3) is 10.0 Å². The number of aromatic nitrogens is 3. The first-order chi connectivity index (χ1) is 12.5. The molecule has 0 radical (unpaired) electrons. The number of rotatable bonds is 7. The normalized spacial score (nSPS) is 11.2. The Morgan fingerprint density at radius 2 is 1.85 bits per heavy atom. The molecule has 0 spiro atoms. The third kappa shape index (κ3) is 3.94. The highest BCUT2D eigenvalue weighted by atomic mass is 32.2. The molecule has 26 heavy (non-hydrogen) atoms. The number of nitrogens with zero attached hydrogens (tertiary/aromatic N) is 3. The van der Waals surface area contributed by atoms with Crippen LogP contribution in [0.5, 0.6) is 11.5 Å². The molecule has 9 heteroatoms. The lowest BCUT2D eigenvalue weighted by molar-refractivity contribution is 0.392. The molecule has 0 fully saturated rings. The van der Waals surface area contributed by atoms with E-state index in [1.54, 1.807) is 35.3 Å². The summed E-state index contributed by atoms with van der Waals surface area (Å²) in [4.78, 5) is 3.89. The van der Waals surface area contributed by atoms with Gasteiger partial charge in [0, 0.05) is 11.8 Å². The first-order valence-corrected chi connectivity index (χ1v) is 9.16. The molecule has 0 atom stereocenters. The molecule has 3 aromatic rings. The van der Waals surface area contributed by atoms with Crippen LogP contribution in [0.1, 0.15) is 5.56 Å². The van der Waals surface area contributed by atoms with E-state index in [2.05, 4.69) is 14.8 Å². The van der Waals surface area contributed by atoms with Crippen molar-refractivity contribution in [1.29, 1.82) is 0 Å². The van der Waals surface area contributed by atoms with Gasteiger partial charge in [-0.1, -0.05) is 12.1 Å². The molecule has 0 aliphatic rings. The van der Waals surface area contributed by atoms with Crippen LogP contribution >= 0.6 is 0 Å². The highest BCUT2D eigenvalue weighted by Crippen LogP contribution is 2.29. The minimum atomic E-state index is -3.83. The third-order valence-corrected chi connectivity index (χ3v) is 5.08. The number of benzene rings is 2. The molecule has 2 aromatic carbocycles. The third-order valence-electron chi connectivity index (χ3n) is 3.68. The SMILES string of the molecule is COc1ccc(OC)c(S(=O)(=O)Nc2ccc(Cn3cncn3)cc2)c1. The zero-order chi connectivity index (χ0) is 18.6. The van der Waals surface area contributed by atoms with Gasteiger partial charge in [-0.2, -0.15) is 5.10 Å². The Hall–Kier alpha value is -3.07. The number of nitrogens with one attached hydrogen (secondary N) is 1. The highest BCUT2D eigenvalue weighted by Gasteiger charge is 2.20. The van der Waals surface area contributed by atoms with Gasteiger partial charge in [-0.25, -0.2) is 18.1 Å². The molecule has 8 nitrogen and oxygen atoms in total. The van der Waals surface area contributed by atoms with Crippen molar-refractivity contribution in [3.63, 3.8) is 0 Å². The average molecular weight is 374 g/mol. The Bertz CT molecular complexity index is 971. The van der Waals surface area contributed by atoms with Gasteiger partial charge in [0.1, 0.15) is 29.0 Å². The summed E-state index contributed by atoms with van der Waals surface area (Å²) in [6.45, 7) is 0.552. The highest BCUT2D eigenvalue weighted by molar-refractivity contribution is 7.92. The lowest BCUT2D eigenvalue weighted by Crippen LogP contribution is -2.14. The summed E-state index contributed by atoms with van der Waals surface area (Å²) in [6, 6.07) is 11.6. The van der Waals surface area contributed by atoms with Crippen LogP contribution in [0.4, 0.5) is 5.69 Å². The minimum Gasteiger partial charge on any atom is -0.497 e. The Balaban J connectivity index is 1.81. The van der Waals surface area contributed by atoms with Gasteiger partial charge in [-0.3, -0.25) is 4.72 Å². The first-order valence-electron chi connectivity index (χ1n) is 7.68. The fourth-order valence-electron chi connectivity index (χ4n) is 2.38. The smallest absolute Gasteiger partial charge is 0.265 e. The summed E-state index contributed by atoms with van der Waals surface area (Å²) in [6.07, 6.45) is 3.08. The Kier molecular flexibility index (Phi) is 5.08. The molecule has 0 saturated heterocycles. The van der Waals surface area contributed by atoms with Crippen LogP contribution in [0.25, 0.3) is 0 Å².